The third-order valence-electron chi connectivity index (χ3n) is 6.36. The van der Waals surface area contributed by atoms with E-state index in [9.17, 15) is 14.7 Å². The molecule has 0 fully saturated rings. The predicted molar refractivity (Wildman–Crippen MR) is 161 cm³/mol. The highest BCUT2D eigenvalue weighted by Gasteiger charge is 2.28. The highest BCUT2D eigenvalue weighted by atomic mass is 16.7. The Kier molecular flexibility index (Phi) is 13.5. The molecule has 0 spiro atoms. The van der Waals surface area contributed by atoms with Crippen molar-refractivity contribution in [1.82, 2.24) is 10.6 Å². The Balaban J connectivity index is 1.82. The van der Waals surface area contributed by atoms with Gasteiger partial charge in [0.05, 0.1) is 6.04 Å². The van der Waals surface area contributed by atoms with E-state index in [1.54, 1.807) is 24.3 Å². The van der Waals surface area contributed by atoms with Crippen LogP contribution in [0.5, 0.6) is 11.5 Å². The van der Waals surface area contributed by atoms with E-state index >= 15 is 0 Å². The summed E-state index contributed by atoms with van der Waals surface area (Å²) in [7, 11) is 3.04. The van der Waals surface area contributed by atoms with Crippen LogP contribution in [0.1, 0.15) is 36.5 Å². The molecule has 3 aromatic rings. The van der Waals surface area contributed by atoms with Crippen LogP contribution in [0.15, 0.2) is 84.4 Å². The lowest BCUT2D eigenvalue weighted by Crippen LogP contribution is -2.51. The van der Waals surface area contributed by atoms with Gasteiger partial charge in [-0.05, 0) is 47.7 Å². The summed E-state index contributed by atoms with van der Waals surface area (Å²) < 4.78 is 21.3. The summed E-state index contributed by atoms with van der Waals surface area (Å²) in [5.41, 5.74) is 2.99. The first-order valence-corrected chi connectivity index (χ1v) is 13.9. The van der Waals surface area contributed by atoms with Gasteiger partial charge < -0.3 is 34.7 Å². The fourth-order valence-electron chi connectivity index (χ4n) is 4.26. The topological polar surface area (TPSA) is 115 Å². The van der Waals surface area contributed by atoms with Crippen LogP contribution >= 0.6 is 0 Å². The highest BCUT2D eigenvalue weighted by Crippen LogP contribution is 2.30. The average molecular weight is 577 g/mol. The number of rotatable bonds is 17. The number of carbonyl (C=O) groups excluding carboxylic acids is 2. The maximum absolute atomic E-state index is 13.6. The Hall–Kier alpha value is -4.18. The van der Waals surface area contributed by atoms with Crippen LogP contribution in [0, 0.1) is 0 Å². The molecule has 0 aliphatic carbocycles. The summed E-state index contributed by atoms with van der Waals surface area (Å²) in [5.74, 6) is -0.0223. The van der Waals surface area contributed by atoms with Crippen LogP contribution in [0.3, 0.4) is 0 Å². The van der Waals surface area contributed by atoms with Gasteiger partial charge in [0.15, 0.2) is 31.2 Å². The summed E-state index contributed by atoms with van der Waals surface area (Å²) in [6.07, 6.45) is 1.76. The van der Waals surface area contributed by atoms with Gasteiger partial charge in [-0.25, -0.2) is 0 Å². The molecule has 0 aliphatic rings. The molecule has 3 N–H and O–H groups in total. The van der Waals surface area contributed by atoms with Gasteiger partial charge in [-0.3, -0.25) is 9.59 Å². The molecule has 0 saturated heterocycles. The lowest BCUT2D eigenvalue weighted by Gasteiger charge is -2.24. The normalized spacial score (nSPS) is 12.7. The molecule has 0 saturated carbocycles. The number of methoxy groups -OCH3 is 2. The second-order valence-corrected chi connectivity index (χ2v) is 9.65. The van der Waals surface area contributed by atoms with Crippen LogP contribution in [-0.2, 0) is 32.0 Å². The van der Waals surface area contributed by atoms with Gasteiger partial charge in [0.25, 0.3) is 5.91 Å². The first-order valence-electron chi connectivity index (χ1n) is 13.9. The zero-order valence-electron chi connectivity index (χ0n) is 24.4. The molecular formula is C33H40N2O7. The van der Waals surface area contributed by atoms with E-state index < -0.39 is 18.1 Å². The van der Waals surface area contributed by atoms with Crippen LogP contribution in [0.25, 0.3) is 6.08 Å². The summed E-state index contributed by atoms with van der Waals surface area (Å²) in [4.78, 5) is 26.6. The lowest BCUT2D eigenvalue weighted by molar-refractivity contribution is -0.131. The van der Waals surface area contributed by atoms with Crippen molar-refractivity contribution in [3.05, 3.63) is 101 Å². The van der Waals surface area contributed by atoms with Crippen molar-refractivity contribution in [1.29, 1.82) is 0 Å². The van der Waals surface area contributed by atoms with E-state index in [0.717, 1.165) is 11.1 Å². The van der Waals surface area contributed by atoms with E-state index in [0.29, 0.717) is 35.5 Å². The Labute approximate surface area is 247 Å². The predicted octanol–water partition coefficient (Wildman–Crippen LogP) is 4.24. The van der Waals surface area contributed by atoms with Gasteiger partial charge in [-0.15, -0.1) is 0 Å². The Morgan fingerprint density at radius 3 is 2.10 bits per heavy atom. The Morgan fingerprint density at radius 2 is 1.48 bits per heavy atom. The fourth-order valence-corrected chi connectivity index (χ4v) is 4.26. The molecule has 9 nitrogen and oxygen atoms in total. The van der Waals surface area contributed by atoms with Crippen molar-refractivity contribution >= 4 is 17.9 Å². The van der Waals surface area contributed by atoms with E-state index in [2.05, 4.69) is 10.6 Å². The van der Waals surface area contributed by atoms with Crippen molar-refractivity contribution in [2.24, 2.45) is 0 Å². The molecule has 3 rings (SSSR count). The molecule has 224 valence electrons. The molecule has 2 amide bonds. The Morgan fingerprint density at radius 1 is 0.857 bits per heavy atom. The number of benzene rings is 3. The van der Waals surface area contributed by atoms with Crippen LogP contribution in [0.2, 0.25) is 0 Å². The van der Waals surface area contributed by atoms with Crippen molar-refractivity contribution in [2.75, 3.05) is 27.8 Å². The molecule has 0 radical (unpaired) electrons. The number of hydrogen-bond donors (Lipinski definition) is 3. The molecule has 2 unspecified atom stereocenters. The van der Waals surface area contributed by atoms with Crippen LogP contribution in [0.4, 0.5) is 0 Å². The quantitative estimate of drug-likeness (QED) is 0.163. The number of aliphatic hydroxyl groups excluding tert-OH is 1. The Bertz CT molecular complexity index is 1280. The molecule has 0 aromatic heterocycles. The third-order valence-corrected chi connectivity index (χ3v) is 6.36. The molecule has 0 heterocycles. The highest BCUT2D eigenvalue weighted by molar-refractivity contribution is 5.98. The minimum absolute atomic E-state index is 0.0181. The van der Waals surface area contributed by atoms with E-state index in [1.165, 1.54) is 14.2 Å². The van der Waals surface area contributed by atoms with Crippen LogP contribution < -0.4 is 20.1 Å². The van der Waals surface area contributed by atoms with Gasteiger partial charge in [0.2, 0.25) is 5.91 Å². The van der Waals surface area contributed by atoms with E-state index in [1.807, 2.05) is 67.6 Å². The molecule has 3 aromatic carbocycles. The third kappa shape index (κ3) is 10.3. The van der Waals surface area contributed by atoms with Gasteiger partial charge in [-0.1, -0.05) is 80.1 Å². The first-order chi connectivity index (χ1) is 20.4. The maximum Gasteiger partial charge on any atom is 0.251 e. The minimum atomic E-state index is -1.47. The lowest BCUT2D eigenvalue weighted by atomic mass is 9.99. The molecule has 0 aliphatic heterocycles. The number of nitrogens with one attached hydrogen (secondary N) is 2. The zero-order valence-corrected chi connectivity index (χ0v) is 24.4. The molecule has 2 atom stereocenters. The largest absolute Gasteiger partial charge is 0.464 e. The smallest absolute Gasteiger partial charge is 0.251 e. The fraction of sp³-hybridized carbons (Fsp3) is 0.333. The number of ether oxygens (including phenoxy) is 4. The number of carbonyl (C=O) groups is 2. The SMILES string of the molecule is CCC/C(=C\c1ccc(OCOC)c(OCOC)c1)C(=O)NC(Cc1ccccc1)C(O)C(=O)NCc1ccccc1. The second-order valence-electron chi connectivity index (χ2n) is 9.65. The van der Waals surface area contributed by atoms with Crippen molar-refractivity contribution in [3.63, 3.8) is 0 Å². The molecule has 0 bridgehead atoms. The second kappa shape index (κ2) is 17.6. The average Bonchev–Trinajstić information content (AvgIpc) is 3.02. The van der Waals surface area contributed by atoms with E-state index in [-0.39, 0.29) is 32.5 Å². The van der Waals surface area contributed by atoms with Crippen molar-refractivity contribution in [3.8, 4) is 11.5 Å². The molecular weight excluding hydrogens is 536 g/mol. The van der Waals surface area contributed by atoms with Gasteiger partial charge in [-0.2, -0.15) is 0 Å². The van der Waals surface area contributed by atoms with Crippen molar-refractivity contribution < 1.29 is 33.6 Å². The summed E-state index contributed by atoms with van der Waals surface area (Å²) >= 11 is 0. The number of hydrogen-bond acceptors (Lipinski definition) is 7. The zero-order chi connectivity index (χ0) is 30.2. The van der Waals surface area contributed by atoms with Crippen molar-refractivity contribution in [2.45, 2.75) is 44.9 Å². The monoisotopic (exact) mass is 576 g/mol. The van der Waals surface area contributed by atoms with Gasteiger partial charge in [0.1, 0.15) is 0 Å². The summed E-state index contributed by atoms with van der Waals surface area (Å²) in [6, 6.07) is 23.3. The van der Waals surface area contributed by atoms with E-state index in [4.69, 9.17) is 18.9 Å². The maximum atomic E-state index is 13.6. The number of aliphatic hydroxyl groups is 1. The molecule has 42 heavy (non-hydrogen) atoms. The summed E-state index contributed by atoms with van der Waals surface area (Å²) in [5, 5.41) is 16.8. The number of amides is 2. The van der Waals surface area contributed by atoms with Crippen LogP contribution in [-0.4, -0.2) is 56.9 Å². The van der Waals surface area contributed by atoms with Gasteiger partial charge in [0, 0.05) is 26.3 Å². The first kappa shape index (κ1) is 32.3. The standard InChI is InChI=1S/C33H40N2O7/c1-4-11-27(18-26-16-17-29(41-22-39-2)30(20-26)42-23-40-3)32(37)35-28(19-24-12-7-5-8-13-24)31(36)33(38)34-21-25-14-9-6-10-15-25/h5-10,12-18,20,28,31,36H,4,11,19,21-23H2,1-3H3,(H,34,38)(H,35,37)/b27-18+. The minimum Gasteiger partial charge on any atom is -0.464 e. The van der Waals surface area contributed by atoms with Gasteiger partial charge >= 0.3 is 0 Å². The summed E-state index contributed by atoms with van der Waals surface area (Å²) in [6.45, 7) is 2.31. The molecule has 9 heteroatoms.